The number of methoxy groups -OCH3 is 1. The van der Waals surface area contributed by atoms with E-state index < -0.39 is 5.82 Å². The van der Waals surface area contributed by atoms with Crippen molar-refractivity contribution in [3.05, 3.63) is 64.7 Å². The van der Waals surface area contributed by atoms with Crippen molar-refractivity contribution < 1.29 is 9.13 Å². The molecule has 3 rings (SSSR count). The van der Waals surface area contributed by atoms with Gasteiger partial charge in [0.2, 0.25) is 0 Å². The molecule has 0 unspecified atom stereocenters. The fourth-order valence-electron chi connectivity index (χ4n) is 2.34. The molecule has 0 atom stereocenters. The molecular formula is C16H13FN2O2. The molecule has 0 fully saturated rings. The molecular weight excluding hydrogens is 271 g/mol. The number of nitrogens with zero attached hydrogens (tertiary/aromatic N) is 1. The zero-order valence-electron chi connectivity index (χ0n) is 11.3. The molecule has 5 heteroatoms. The Morgan fingerprint density at radius 1 is 1.14 bits per heavy atom. The minimum Gasteiger partial charge on any atom is -0.494 e. The maximum atomic E-state index is 13.8. The first kappa shape index (κ1) is 13.2. The molecule has 0 amide bonds. The Labute approximate surface area is 120 Å². The van der Waals surface area contributed by atoms with Gasteiger partial charge in [-0.1, -0.05) is 18.2 Å². The summed E-state index contributed by atoms with van der Waals surface area (Å²) in [6.07, 6.45) is 0. The first-order chi connectivity index (χ1) is 10.1. The van der Waals surface area contributed by atoms with E-state index in [1.807, 2.05) is 12.1 Å². The van der Waals surface area contributed by atoms with Gasteiger partial charge in [-0.15, -0.1) is 0 Å². The van der Waals surface area contributed by atoms with Gasteiger partial charge in [0.25, 0.3) is 5.56 Å². The van der Waals surface area contributed by atoms with Crippen LogP contribution in [0.2, 0.25) is 0 Å². The van der Waals surface area contributed by atoms with Crippen molar-refractivity contribution in [3.63, 3.8) is 0 Å². The number of hydrogen-bond donors (Lipinski definition) is 1. The summed E-state index contributed by atoms with van der Waals surface area (Å²) >= 11 is 0. The van der Waals surface area contributed by atoms with Gasteiger partial charge in [-0.25, -0.2) is 4.39 Å². The molecule has 1 aromatic heterocycles. The van der Waals surface area contributed by atoms with Crippen molar-refractivity contribution in [2.24, 2.45) is 0 Å². The van der Waals surface area contributed by atoms with E-state index in [-0.39, 0.29) is 17.1 Å². The largest absolute Gasteiger partial charge is 0.494 e. The molecule has 2 aromatic carbocycles. The van der Waals surface area contributed by atoms with Crippen LogP contribution in [0.3, 0.4) is 0 Å². The van der Waals surface area contributed by atoms with Crippen LogP contribution >= 0.6 is 0 Å². The molecule has 1 heterocycles. The number of aromatic nitrogens is 1. The minimum atomic E-state index is -0.547. The van der Waals surface area contributed by atoms with Crippen molar-refractivity contribution in [3.8, 4) is 11.4 Å². The number of ether oxygens (including phenoxy) is 1. The number of fused-ring (bicyclic) bond motifs is 1. The molecule has 0 saturated heterocycles. The second-order valence-corrected chi connectivity index (χ2v) is 4.62. The number of halogens is 1. The first-order valence-corrected chi connectivity index (χ1v) is 6.36. The standard InChI is InChI=1S/C16H13FN2O2/c1-21-14-7-6-11(9-13(14)17)19-15(18)8-10-4-2-3-5-12(10)16(19)20/h2-9H,18H2,1H3. The van der Waals surface area contributed by atoms with Gasteiger partial charge < -0.3 is 10.5 Å². The third kappa shape index (κ3) is 2.12. The van der Waals surface area contributed by atoms with E-state index in [9.17, 15) is 9.18 Å². The molecule has 0 bridgehead atoms. The summed E-state index contributed by atoms with van der Waals surface area (Å²) < 4.78 is 20.0. The molecule has 4 nitrogen and oxygen atoms in total. The first-order valence-electron chi connectivity index (χ1n) is 6.36. The number of rotatable bonds is 2. The van der Waals surface area contributed by atoms with Crippen molar-refractivity contribution in [1.29, 1.82) is 0 Å². The normalized spacial score (nSPS) is 10.8. The summed E-state index contributed by atoms with van der Waals surface area (Å²) in [4.78, 5) is 12.5. The Morgan fingerprint density at radius 3 is 2.62 bits per heavy atom. The van der Waals surface area contributed by atoms with E-state index in [1.54, 1.807) is 24.3 Å². The lowest BCUT2D eigenvalue weighted by Crippen LogP contribution is -2.21. The summed E-state index contributed by atoms with van der Waals surface area (Å²) in [6, 6.07) is 13.1. The summed E-state index contributed by atoms with van der Waals surface area (Å²) in [5, 5.41) is 1.29. The Bertz CT molecular complexity index is 887. The lowest BCUT2D eigenvalue weighted by molar-refractivity contribution is 0.386. The summed E-state index contributed by atoms with van der Waals surface area (Å²) in [6.45, 7) is 0. The van der Waals surface area contributed by atoms with Gasteiger partial charge in [-0.3, -0.25) is 9.36 Å². The van der Waals surface area contributed by atoms with Crippen molar-refractivity contribution in [2.75, 3.05) is 12.8 Å². The van der Waals surface area contributed by atoms with Gasteiger partial charge in [-0.2, -0.15) is 0 Å². The van der Waals surface area contributed by atoms with Gasteiger partial charge in [0, 0.05) is 11.5 Å². The Hall–Kier alpha value is -2.82. The molecule has 0 aliphatic heterocycles. The quantitative estimate of drug-likeness (QED) is 0.787. The topological polar surface area (TPSA) is 57.2 Å². The van der Waals surface area contributed by atoms with Crippen LogP contribution in [0.5, 0.6) is 5.75 Å². The third-order valence-corrected chi connectivity index (χ3v) is 3.35. The predicted molar refractivity (Wildman–Crippen MR) is 80.5 cm³/mol. The van der Waals surface area contributed by atoms with Crippen LogP contribution in [0.4, 0.5) is 10.2 Å². The molecule has 2 N–H and O–H groups in total. The SMILES string of the molecule is COc1ccc(-n2c(N)cc3ccccc3c2=O)cc1F. The number of pyridine rings is 1. The second kappa shape index (κ2) is 4.94. The maximum Gasteiger partial charge on any atom is 0.264 e. The fourth-order valence-corrected chi connectivity index (χ4v) is 2.34. The zero-order valence-corrected chi connectivity index (χ0v) is 11.3. The van der Waals surface area contributed by atoms with Crippen molar-refractivity contribution in [1.82, 2.24) is 4.57 Å². The zero-order chi connectivity index (χ0) is 15.0. The number of anilines is 1. The lowest BCUT2D eigenvalue weighted by atomic mass is 10.1. The fraction of sp³-hybridized carbons (Fsp3) is 0.0625. The Kier molecular flexibility index (Phi) is 3.10. The van der Waals surface area contributed by atoms with Gasteiger partial charge in [0.05, 0.1) is 12.8 Å². The number of benzene rings is 2. The minimum absolute atomic E-state index is 0.117. The third-order valence-electron chi connectivity index (χ3n) is 3.35. The highest BCUT2D eigenvalue weighted by atomic mass is 19.1. The van der Waals surface area contributed by atoms with Crippen LogP contribution < -0.4 is 16.0 Å². The molecule has 0 spiro atoms. The van der Waals surface area contributed by atoms with E-state index >= 15 is 0 Å². The number of hydrogen-bond acceptors (Lipinski definition) is 3. The maximum absolute atomic E-state index is 13.8. The van der Waals surface area contributed by atoms with E-state index in [0.717, 1.165) is 5.39 Å². The monoisotopic (exact) mass is 284 g/mol. The average molecular weight is 284 g/mol. The highest BCUT2D eigenvalue weighted by Crippen LogP contribution is 2.22. The highest BCUT2D eigenvalue weighted by molar-refractivity contribution is 5.84. The van der Waals surface area contributed by atoms with Gasteiger partial charge >= 0.3 is 0 Å². The molecule has 106 valence electrons. The molecule has 0 aliphatic carbocycles. The van der Waals surface area contributed by atoms with Crippen molar-refractivity contribution in [2.45, 2.75) is 0 Å². The predicted octanol–water partition coefficient (Wildman–Crippen LogP) is 2.72. The lowest BCUT2D eigenvalue weighted by Gasteiger charge is -2.12. The number of nitrogen functional groups attached to an aromatic ring is 1. The molecule has 0 radical (unpaired) electrons. The number of nitrogens with two attached hydrogens (primary N) is 1. The van der Waals surface area contributed by atoms with Gasteiger partial charge in [0.1, 0.15) is 5.82 Å². The van der Waals surface area contributed by atoms with Crippen LogP contribution in [0.15, 0.2) is 53.3 Å². The van der Waals surface area contributed by atoms with E-state index in [1.165, 1.54) is 23.8 Å². The van der Waals surface area contributed by atoms with Crippen LogP contribution in [0.1, 0.15) is 0 Å². The van der Waals surface area contributed by atoms with Gasteiger partial charge in [0.15, 0.2) is 11.6 Å². The smallest absolute Gasteiger partial charge is 0.264 e. The molecule has 0 aliphatic rings. The molecule has 0 saturated carbocycles. The van der Waals surface area contributed by atoms with Crippen LogP contribution in [-0.2, 0) is 0 Å². The van der Waals surface area contributed by atoms with Crippen molar-refractivity contribution >= 4 is 16.6 Å². The molecule has 21 heavy (non-hydrogen) atoms. The Morgan fingerprint density at radius 2 is 1.90 bits per heavy atom. The van der Waals surface area contributed by atoms with E-state index in [0.29, 0.717) is 11.1 Å². The second-order valence-electron chi connectivity index (χ2n) is 4.62. The van der Waals surface area contributed by atoms with Crippen LogP contribution in [-0.4, -0.2) is 11.7 Å². The summed E-state index contributed by atoms with van der Waals surface area (Å²) in [5.74, 6) is -0.177. The van der Waals surface area contributed by atoms with Crippen LogP contribution in [0, 0.1) is 5.82 Å². The van der Waals surface area contributed by atoms with E-state index in [4.69, 9.17) is 10.5 Å². The highest BCUT2D eigenvalue weighted by Gasteiger charge is 2.11. The average Bonchev–Trinajstić information content (AvgIpc) is 2.47. The van der Waals surface area contributed by atoms with Crippen LogP contribution in [0.25, 0.3) is 16.5 Å². The summed E-state index contributed by atoms with van der Waals surface area (Å²) in [7, 11) is 1.38. The van der Waals surface area contributed by atoms with E-state index in [2.05, 4.69) is 0 Å². The Balaban J connectivity index is 2.30. The molecule has 3 aromatic rings. The summed E-state index contributed by atoms with van der Waals surface area (Å²) in [5.41, 5.74) is 6.03. The van der Waals surface area contributed by atoms with Gasteiger partial charge in [-0.05, 0) is 29.7 Å².